The van der Waals surface area contributed by atoms with Gasteiger partial charge in [-0.3, -0.25) is 9.97 Å². The van der Waals surface area contributed by atoms with E-state index in [-0.39, 0.29) is 0 Å². The first-order valence-electron chi connectivity index (χ1n) is 19.7. The third kappa shape index (κ3) is 5.80. The van der Waals surface area contributed by atoms with Crippen LogP contribution in [0.3, 0.4) is 0 Å². The Kier molecular flexibility index (Phi) is 8.15. The fourth-order valence-corrected chi connectivity index (χ4v) is 8.65. The summed E-state index contributed by atoms with van der Waals surface area (Å²) in [5, 5.41) is 2.60. The average molecular weight is 738 g/mol. The Morgan fingerprint density at radius 2 is 0.724 bits per heavy atom. The third-order valence-corrected chi connectivity index (χ3v) is 11.3. The van der Waals surface area contributed by atoms with E-state index in [1.54, 1.807) is 12.4 Å². The molecule has 10 aromatic rings. The number of rotatable bonds is 7. The zero-order valence-corrected chi connectivity index (χ0v) is 31.5. The molecule has 3 aromatic heterocycles. The van der Waals surface area contributed by atoms with Gasteiger partial charge >= 0.3 is 0 Å². The van der Waals surface area contributed by atoms with Crippen LogP contribution in [0.2, 0.25) is 0 Å². The van der Waals surface area contributed by atoms with Gasteiger partial charge < -0.3 is 0 Å². The zero-order valence-electron chi connectivity index (χ0n) is 31.5. The molecule has 0 fully saturated rings. The van der Waals surface area contributed by atoms with Gasteiger partial charge in [0.2, 0.25) is 0 Å². The Balaban J connectivity index is 1.02. The maximum atomic E-state index is 4.96. The van der Waals surface area contributed by atoms with E-state index in [0.717, 1.165) is 45.0 Å². The van der Waals surface area contributed by atoms with Gasteiger partial charge in [0, 0.05) is 12.4 Å². The Morgan fingerprint density at radius 1 is 0.259 bits per heavy atom. The number of hydrogen-bond acceptors (Lipinski definition) is 3. The summed E-state index contributed by atoms with van der Waals surface area (Å²) in [6, 6.07) is 71.6. The van der Waals surface area contributed by atoms with Crippen molar-refractivity contribution in [2.45, 2.75) is 0 Å². The molecule has 11 rings (SSSR count). The van der Waals surface area contributed by atoms with E-state index in [4.69, 9.17) is 4.98 Å². The van der Waals surface area contributed by atoms with Crippen molar-refractivity contribution in [2.24, 2.45) is 0 Å². The van der Waals surface area contributed by atoms with Crippen LogP contribution in [0, 0.1) is 0 Å². The third-order valence-electron chi connectivity index (χ3n) is 11.3. The fraction of sp³-hybridized carbons (Fsp3) is 0. The quantitative estimate of drug-likeness (QED) is 0.163. The molecule has 0 unspecified atom stereocenters. The molecule has 3 heteroatoms. The molecular weight excluding hydrogens is 703 g/mol. The summed E-state index contributed by atoms with van der Waals surface area (Å²) < 4.78 is 0. The maximum absolute atomic E-state index is 4.96. The lowest BCUT2D eigenvalue weighted by molar-refractivity contribution is 1.22. The van der Waals surface area contributed by atoms with Crippen molar-refractivity contribution in [1.29, 1.82) is 0 Å². The molecule has 270 valence electrons. The van der Waals surface area contributed by atoms with Crippen molar-refractivity contribution in [2.75, 3.05) is 0 Å². The van der Waals surface area contributed by atoms with Gasteiger partial charge in [0.25, 0.3) is 0 Å². The van der Waals surface area contributed by atoms with E-state index in [0.29, 0.717) is 0 Å². The van der Waals surface area contributed by atoms with Crippen LogP contribution in [0.25, 0.3) is 111 Å². The van der Waals surface area contributed by atoms with Crippen molar-refractivity contribution in [3.05, 3.63) is 213 Å². The lowest BCUT2D eigenvalue weighted by Crippen LogP contribution is -1.94. The molecule has 0 saturated heterocycles. The minimum atomic E-state index is 0.816. The second-order valence-electron chi connectivity index (χ2n) is 14.7. The van der Waals surface area contributed by atoms with Crippen LogP contribution in [0.1, 0.15) is 0 Å². The lowest BCUT2D eigenvalue weighted by atomic mass is 9.82. The molecule has 58 heavy (non-hydrogen) atoms. The Bertz CT molecular complexity index is 3040. The van der Waals surface area contributed by atoms with E-state index in [9.17, 15) is 0 Å². The second kappa shape index (κ2) is 14.1. The van der Waals surface area contributed by atoms with Crippen molar-refractivity contribution in [3.8, 4) is 101 Å². The minimum absolute atomic E-state index is 0.816. The van der Waals surface area contributed by atoms with Gasteiger partial charge in [-0.1, -0.05) is 158 Å². The first-order valence-corrected chi connectivity index (χ1v) is 19.7. The average Bonchev–Trinajstić information content (AvgIpc) is 3.65. The molecule has 1 aliphatic rings. The standard InChI is InChI=1S/C55H35N3/c1-3-13-39(14-4-1)47-35-46(53(42-15-5-2-6-16-42)55-45-20-12-18-41-17-11-19-44(52(41)45)54(47)55)40-29-27-37(28-30-40)36-23-25-38(26-24-36)43-33-50(48-21-7-9-31-56-48)58-51(34-43)49-22-8-10-32-57-49/h1-35H. The van der Waals surface area contributed by atoms with Crippen LogP contribution in [0.4, 0.5) is 0 Å². The van der Waals surface area contributed by atoms with E-state index in [2.05, 4.69) is 174 Å². The highest BCUT2D eigenvalue weighted by molar-refractivity contribution is 6.22. The molecule has 1 aliphatic carbocycles. The monoisotopic (exact) mass is 737 g/mol. The SMILES string of the molecule is c1ccc(-c2cc(-c3ccc(-c4ccc(-c5cc(-c6ccccn6)nc(-c6ccccn6)c5)cc4)cc3)c(-c3ccccc3)c3c2-c2cccc4cccc-3c24)cc1. The van der Waals surface area contributed by atoms with E-state index < -0.39 is 0 Å². The largest absolute Gasteiger partial charge is 0.255 e. The van der Waals surface area contributed by atoms with Crippen molar-refractivity contribution < 1.29 is 0 Å². The molecule has 0 saturated carbocycles. The Labute approximate surface area is 337 Å². The lowest BCUT2D eigenvalue weighted by Gasteiger charge is -2.21. The summed E-state index contributed by atoms with van der Waals surface area (Å²) in [7, 11) is 0. The summed E-state index contributed by atoms with van der Waals surface area (Å²) in [5.41, 5.74) is 20.4. The topological polar surface area (TPSA) is 38.7 Å². The summed E-state index contributed by atoms with van der Waals surface area (Å²) in [6.07, 6.45) is 3.61. The molecule has 7 aromatic carbocycles. The summed E-state index contributed by atoms with van der Waals surface area (Å²) >= 11 is 0. The number of hydrogen-bond donors (Lipinski definition) is 0. The van der Waals surface area contributed by atoms with Gasteiger partial charge in [0.05, 0.1) is 22.8 Å². The van der Waals surface area contributed by atoms with Crippen molar-refractivity contribution in [3.63, 3.8) is 0 Å². The number of benzene rings is 7. The number of pyridine rings is 3. The molecule has 0 amide bonds. The molecule has 3 heterocycles. The number of aromatic nitrogens is 3. The van der Waals surface area contributed by atoms with Gasteiger partial charge in [0.15, 0.2) is 0 Å². The van der Waals surface area contributed by atoms with E-state index in [1.807, 2.05) is 36.4 Å². The fourth-order valence-electron chi connectivity index (χ4n) is 8.65. The van der Waals surface area contributed by atoms with Crippen LogP contribution >= 0.6 is 0 Å². The van der Waals surface area contributed by atoms with Gasteiger partial charge in [-0.15, -0.1) is 0 Å². The highest BCUT2D eigenvalue weighted by Gasteiger charge is 2.30. The van der Waals surface area contributed by atoms with E-state index >= 15 is 0 Å². The maximum Gasteiger partial charge on any atom is 0.0900 e. The smallest absolute Gasteiger partial charge is 0.0900 e. The predicted molar refractivity (Wildman–Crippen MR) is 240 cm³/mol. The second-order valence-corrected chi connectivity index (χ2v) is 14.7. The first-order chi connectivity index (χ1) is 28.8. The molecule has 0 aliphatic heterocycles. The Morgan fingerprint density at radius 3 is 1.28 bits per heavy atom. The van der Waals surface area contributed by atoms with Crippen LogP contribution in [0.15, 0.2) is 213 Å². The normalized spacial score (nSPS) is 11.4. The van der Waals surface area contributed by atoms with Crippen LogP contribution in [0.5, 0.6) is 0 Å². The Hall–Kier alpha value is -7.75. The van der Waals surface area contributed by atoms with Crippen LogP contribution < -0.4 is 0 Å². The van der Waals surface area contributed by atoms with Gasteiger partial charge in [-0.2, -0.15) is 0 Å². The van der Waals surface area contributed by atoms with Crippen LogP contribution in [-0.4, -0.2) is 15.0 Å². The van der Waals surface area contributed by atoms with Gasteiger partial charge in [-0.05, 0) is 131 Å². The van der Waals surface area contributed by atoms with Crippen molar-refractivity contribution in [1.82, 2.24) is 15.0 Å². The number of fused-ring (bicyclic) bond motifs is 3. The molecule has 0 spiro atoms. The summed E-state index contributed by atoms with van der Waals surface area (Å²) in [6.45, 7) is 0. The molecule has 3 nitrogen and oxygen atoms in total. The number of nitrogens with zero attached hydrogens (tertiary/aromatic N) is 3. The van der Waals surface area contributed by atoms with E-state index in [1.165, 1.54) is 66.4 Å². The zero-order chi connectivity index (χ0) is 38.4. The summed E-state index contributed by atoms with van der Waals surface area (Å²) in [4.78, 5) is 14.2. The molecule has 0 bridgehead atoms. The molecule has 0 radical (unpaired) electrons. The van der Waals surface area contributed by atoms with Gasteiger partial charge in [0.1, 0.15) is 0 Å². The first kappa shape index (κ1) is 33.6. The predicted octanol–water partition coefficient (Wildman–Crippen LogP) is 14.3. The molecular formula is C55H35N3. The minimum Gasteiger partial charge on any atom is -0.255 e. The highest BCUT2D eigenvalue weighted by atomic mass is 14.8. The van der Waals surface area contributed by atoms with Crippen LogP contribution in [-0.2, 0) is 0 Å². The summed E-state index contributed by atoms with van der Waals surface area (Å²) in [5.74, 6) is 0. The van der Waals surface area contributed by atoms with Crippen molar-refractivity contribution >= 4 is 10.8 Å². The molecule has 0 atom stereocenters. The highest BCUT2D eigenvalue weighted by Crippen LogP contribution is 2.57. The van der Waals surface area contributed by atoms with Gasteiger partial charge in [-0.25, -0.2) is 4.98 Å². The molecule has 0 N–H and O–H groups in total.